The van der Waals surface area contributed by atoms with Crippen molar-refractivity contribution in [2.24, 2.45) is 5.92 Å². The normalized spacial score (nSPS) is 25.1. The molecule has 0 radical (unpaired) electrons. The molecular weight excluding hydrogens is 243 g/mol. The Bertz CT molecular complexity index is 359. The monoisotopic (exact) mass is 259 g/mol. The summed E-state index contributed by atoms with van der Waals surface area (Å²) in [7, 11) is 0. The van der Waals surface area contributed by atoms with Crippen LogP contribution in [0.5, 0.6) is 0 Å². The average molecular weight is 259 g/mol. The molecule has 0 amide bonds. The zero-order chi connectivity index (χ0) is 13.0. The molecule has 0 saturated heterocycles. The molecule has 18 heavy (non-hydrogen) atoms. The highest BCUT2D eigenvalue weighted by Gasteiger charge is 2.41. The Labute approximate surface area is 104 Å². The molecule has 1 aliphatic carbocycles. The van der Waals surface area contributed by atoms with Gasteiger partial charge in [0.15, 0.2) is 0 Å². The Morgan fingerprint density at radius 2 is 1.94 bits per heavy atom. The molecule has 0 aromatic carbocycles. The van der Waals surface area contributed by atoms with Gasteiger partial charge in [-0.05, 0) is 37.8 Å². The molecule has 0 spiro atoms. The number of rotatable bonds is 3. The highest BCUT2D eigenvalue weighted by Crippen LogP contribution is 2.37. The topological polar surface area (TPSA) is 37.8 Å². The van der Waals surface area contributed by atoms with Gasteiger partial charge < -0.3 is 5.32 Å². The zero-order valence-corrected chi connectivity index (χ0v) is 9.95. The van der Waals surface area contributed by atoms with Crippen LogP contribution >= 0.6 is 0 Å². The van der Waals surface area contributed by atoms with E-state index in [1.165, 1.54) is 0 Å². The smallest absolute Gasteiger partial charge is 0.308 e. The lowest BCUT2D eigenvalue weighted by molar-refractivity contribution is -0.182. The van der Waals surface area contributed by atoms with E-state index < -0.39 is 12.1 Å². The summed E-state index contributed by atoms with van der Waals surface area (Å²) in [5.41, 5.74) is 0.815. The first-order valence-electron chi connectivity index (χ1n) is 6.12. The average Bonchev–Trinajstić information content (AvgIpc) is 2.37. The fourth-order valence-electron chi connectivity index (χ4n) is 2.30. The maximum atomic E-state index is 12.5. The van der Waals surface area contributed by atoms with E-state index in [1.807, 2.05) is 6.07 Å². The molecule has 1 heterocycles. The minimum atomic E-state index is -4.03. The van der Waals surface area contributed by atoms with E-state index in [9.17, 15) is 13.2 Å². The maximum absolute atomic E-state index is 12.5. The Kier molecular flexibility index (Phi) is 4.16. The third-order valence-corrected chi connectivity index (χ3v) is 3.39. The second-order valence-electron chi connectivity index (χ2n) is 4.69. The molecule has 0 unspecified atom stereocenters. The number of nitrogens with one attached hydrogen (secondary N) is 1. The number of aromatic nitrogens is 2. The molecule has 0 bridgehead atoms. The fourth-order valence-corrected chi connectivity index (χ4v) is 2.30. The first-order chi connectivity index (χ1) is 8.55. The van der Waals surface area contributed by atoms with Crippen molar-refractivity contribution in [3.8, 4) is 0 Å². The van der Waals surface area contributed by atoms with Crippen molar-refractivity contribution in [1.29, 1.82) is 0 Å². The van der Waals surface area contributed by atoms with Gasteiger partial charge in [-0.15, -0.1) is 0 Å². The second kappa shape index (κ2) is 5.65. The van der Waals surface area contributed by atoms with Crippen molar-refractivity contribution in [2.75, 3.05) is 0 Å². The van der Waals surface area contributed by atoms with Crippen LogP contribution in [0.2, 0.25) is 0 Å². The summed E-state index contributed by atoms with van der Waals surface area (Å²) < 4.78 is 37.4. The van der Waals surface area contributed by atoms with E-state index in [0.29, 0.717) is 19.4 Å². The van der Waals surface area contributed by atoms with Crippen molar-refractivity contribution < 1.29 is 13.2 Å². The van der Waals surface area contributed by atoms with Gasteiger partial charge in [0.05, 0.1) is 11.6 Å². The van der Waals surface area contributed by atoms with Crippen molar-refractivity contribution >= 4 is 0 Å². The van der Waals surface area contributed by atoms with Gasteiger partial charge >= 0.3 is 6.18 Å². The summed E-state index contributed by atoms with van der Waals surface area (Å²) in [5, 5.41) is 10.9. The molecule has 1 aromatic heterocycles. The summed E-state index contributed by atoms with van der Waals surface area (Å²) in [4.78, 5) is 0. The summed E-state index contributed by atoms with van der Waals surface area (Å²) in [6.45, 7) is 0.565. The lowest BCUT2D eigenvalue weighted by atomic mass is 9.85. The van der Waals surface area contributed by atoms with Crippen LogP contribution in [0, 0.1) is 5.92 Å². The SMILES string of the molecule is FC(F)(F)C1CCC(NCc2cccnn2)CC1. The number of alkyl halides is 3. The first-order valence-corrected chi connectivity index (χ1v) is 6.12. The molecule has 6 heteroatoms. The van der Waals surface area contributed by atoms with Crippen LogP contribution in [0.15, 0.2) is 18.3 Å². The summed E-state index contributed by atoms with van der Waals surface area (Å²) in [5.74, 6) is -1.12. The largest absolute Gasteiger partial charge is 0.391 e. The molecule has 0 aliphatic heterocycles. The van der Waals surface area contributed by atoms with E-state index in [2.05, 4.69) is 15.5 Å². The number of halogens is 3. The first kappa shape index (κ1) is 13.3. The van der Waals surface area contributed by atoms with E-state index in [-0.39, 0.29) is 18.9 Å². The van der Waals surface area contributed by atoms with Gasteiger partial charge in [-0.25, -0.2) is 0 Å². The van der Waals surface area contributed by atoms with Crippen molar-refractivity contribution in [3.63, 3.8) is 0 Å². The van der Waals surface area contributed by atoms with E-state index in [1.54, 1.807) is 12.3 Å². The quantitative estimate of drug-likeness (QED) is 0.907. The third-order valence-electron chi connectivity index (χ3n) is 3.39. The lowest BCUT2D eigenvalue weighted by Crippen LogP contribution is -2.36. The number of hydrogen-bond donors (Lipinski definition) is 1. The minimum Gasteiger partial charge on any atom is -0.308 e. The highest BCUT2D eigenvalue weighted by atomic mass is 19.4. The van der Waals surface area contributed by atoms with Crippen LogP contribution in [0.1, 0.15) is 31.4 Å². The molecule has 100 valence electrons. The lowest BCUT2D eigenvalue weighted by Gasteiger charge is -2.30. The molecule has 1 N–H and O–H groups in total. The van der Waals surface area contributed by atoms with Gasteiger partial charge in [0, 0.05) is 18.8 Å². The zero-order valence-electron chi connectivity index (χ0n) is 9.95. The van der Waals surface area contributed by atoms with E-state index >= 15 is 0 Å². The van der Waals surface area contributed by atoms with E-state index in [0.717, 1.165) is 5.69 Å². The predicted molar refractivity (Wildman–Crippen MR) is 60.7 cm³/mol. The Morgan fingerprint density at radius 3 is 2.50 bits per heavy atom. The summed E-state index contributed by atoms with van der Waals surface area (Å²) >= 11 is 0. The van der Waals surface area contributed by atoms with Crippen molar-refractivity contribution in [2.45, 2.75) is 44.4 Å². The van der Waals surface area contributed by atoms with Crippen LogP contribution in [-0.4, -0.2) is 22.4 Å². The molecule has 1 saturated carbocycles. The van der Waals surface area contributed by atoms with Gasteiger partial charge in [-0.1, -0.05) is 0 Å². The van der Waals surface area contributed by atoms with Crippen LogP contribution in [0.25, 0.3) is 0 Å². The van der Waals surface area contributed by atoms with Crippen LogP contribution in [0.3, 0.4) is 0 Å². The van der Waals surface area contributed by atoms with Crippen LogP contribution in [0.4, 0.5) is 13.2 Å². The minimum absolute atomic E-state index is 0.158. The Morgan fingerprint density at radius 1 is 1.22 bits per heavy atom. The van der Waals surface area contributed by atoms with Crippen molar-refractivity contribution in [1.82, 2.24) is 15.5 Å². The molecule has 1 aromatic rings. The second-order valence-corrected chi connectivity index (χ2v) is 4.69. The molecule has 0 atom stereocenters. The highest BCUT2D eigenvalue weighted by molar-refractivity contribution is 4.98. The third kappa shape index (κ3) is 3.66. The van der Waals surface area contributed by atoms with Gasteiger partial charge in [0.2, 0.25) is 0 Å². The van der Waals surface area contributed by atoms with Crippen LogP contribution < -0.4 is 5.32 Å². The Balaban J connectivity index is 1.74. The molecule has 2 rings (SSSR count). The maximum Gasteiger partial charge on any atom is 0.391 e. The molecule has 3 nitrogen and oxygen atoms in total. The van der Waals surface area contributed by atoms with Gasteiger partial charge in [-0.3, -0.25) is 0 Å². The molecule has 1 aliphatic rings. The standard InChI is InChI=1S/C12H16F3N3/c13-12(14,15)9-3-5-10(6-4-9)16-8-11-2-1-7-17-18-11/h1-2,7,9-10,16H,3-6,8H2. The van der Waals surface area contributed by atoms with Crippen molar-refractivity contribution in [3.05, 3.63) is 24.0 Å². The van der Waals surface area contributed by atoms with Gasteiger partial charge in [0.1, 0.15) is 0 Å². The van der Waals surface area contributed by atoms with Gasteiger partial charge in [-0.2, -0.15) is 23.4 Å². The van der Waals surface area contributed by atoms with Gasteiger partial charge in [0.25, 0.3) is 0 Å². The Hall–Kier alpha value is -1.17. The van der Waals surface area contributed by atoms with E-state index in [4.69, 9.17) is 0 Å². The summed E-state index contributed by atoms with van der Waals surface area (Å²) in [6.07, 6.45) is -0.841. The molecule has 1 fully saturated rings. The summed E-state index contributed by atoms with van der Waals surface area (Å²) in [6, 6.07) is 3.80. The predicted octanol–water partition coefficient (Wildman–Crippen LogP) is 2.69. The fraction of sp³-hybridized carbons (Fsp3) is 0.667. The molecular formula is C12H16F3N3. The number of hydrogen-bond acceptors (Lipinski definition) is 3. The number of nitrogens with zero attached hydrogens (tertiary/aromatic N) is 2. The van der Waals surface area contributed by atoms with Crippen LogP contribution in [-0.2, 0) is 6.54 Å².